The molecule has 0 aromatic heterocycles. The Morgan fingerprint density at radius 1 is 1.19 bits per heavy atom. The van der Waals surface area contributed by atoms with Crippen LogP contribution in [0.3, 0.4) is 0 Å². The molecule has 0 amide bonds. The molecule has 1 heterocycles. The third kappa shape index (κ3) is 4.94. The highest BCUT2D eigenvalue weighted by Gasteiger charge is 2.66. The van der Waals surface area contributed by atoms with Crippen molar-refractivity contribution in [3.63, 3.8) is 0 Å². The number of esters is 1. The molecule has 0 radical (unpaired) electrons. The Balaban J connectivity index is 1.49. The number of rotatable bonds is 6. The van der Waals surface area contributed by atoms with Crippen LogP contribution in [0.5, 0.6) is 0 Å². The Bertz CT molecular complexity index is 1420. The van der Waals surface area contributed by atoms with E-state index in [0.29, 0.717) is 44.1 Å². The van der Waals surface area contributed by atoms with Crippen molar-refractivity contribution < 1.29 is 23.8 Å². The first-order valence-electron chi connectivity index (χ1n) is 15.8. The summed E-state index contributed by atoms with van der Waals surface area (Å²) in [5, 5.41) is 12.9. The fourth-order valence-electron chi connectivity index (χ4n) is 9.27. The van der Waals surface area contributed by atoms with Crippen molar-refractivity contribution in [1.82, 2.24) is 0 Å². The molecule has 1 N–H and O–H groups in total. The number of aliphatic hydroxyl groups excluding tert-OH is 1. The second-order valence-corrected chi connectivity index (χ2v) is 13.3. The van der Waals surface area contributed by atoms with Gasteiger partial charge < -0.3 is 14.7 Å². The second-order valence-electron chi connectivity index (χ2n) is 13.3. The molecule has 7 atom stereocenters. The number of alkyl halides is 1. The summed E-state index contributed by atoms with van der Waals surface area (Å²) >= 11 is 0. The third-order valence-corrected chi connectivity index (χ3v) is 11.2. The van der Waals surface area contributed by atoms with Gasteiger partial charge in [0.15, 0.2) is 12.4 Å². The van der Waals surface area contributed by atoms with Crippen LogP contribution in [0.15, 0.2) is 52.2 Å². The summed E-state index contributed by atoms with van der Waals surface area (Å²) in [6, 6.07) is 8.23. The first kappa shape index (κ1) is 29.7. The van der Waals surface area contributed by atoms with Crippen molar-refractivity contribution >= 4 is 17.4 Å². The van der Waals surface area contributed by atoms with Gasteiger partial charge >= 0.3 is 5.97 Å². The molecule has 0 bridgehead atoms. The molecule has 3 fully saturated rings. The number of benzene rings is 1. The second kappa shape index (κ2) is 11.6. The van der Waals surface area contributed by atoms with Crippen LogP contribution in [-0.4, -0.2) is 55.4 Å². The molecule has 3 unspecified atom stereocenters. The number of allylic oxidation sites excluding steroid dienone is 3. The van der Waals surface area contributed by atoms with Gasteiger partial charge in [-0.25, -0.2) is 4.39 Å². The number of fused-ring (bicyclic) bond motifs is 4. The number of carbonyl (C=O) groups is 2. The molecule has 2 saturated carbocycles. The Morgan fingerprint density at radius 3 is 2.60 bits per heavy atom. The van der Waals surface area contributed by atoms with Gasteiger partial charge in [0.1, 0.15) is 18.8 Å². The lowest BCUT2D eigenvalue weighted by molar-refractivity contribution is -0.150. The first-order valence-corrected chi connectivity index (χ1v) is 15.8. The van der Waals surface area contributed by atoms with Crippen molar-refractivity contribution in [2.24, 2.45) is 27.8 Å². The van der Waals surface area contributed by atoms with Crippen LogP contribution in [-0.2, 0) is 14.3 Å². The van der Waals surface area contributed by atoms with Crippen LogP contribution in [0.2, 0.25) is 0 Å². The zero-order valence-electron chi connectivity index (χ0n) is 25.1. The number of Topliss-reactive ketones (excluding diaryl/α,β-unsaturated/α-hetero) is 1. The van der Waals surface area contributed by atoms with E-state index in [2.05, 4.69) is 53.1 Å². The van der Waals surface area contributed by atoms with Gasteiger partial charge in [-0.2, -0.15) is 4.91 Å². The van der Waals surface area contributed by atoms with Gasteiger partial charge in [-0.05, 0) is 97.5 Å². The predicted molar refractivity (Wildman–Crippen MR) is 162 cm³/mol. The van der Waals surface area contributed by atoms with Crippen LogP contribution in [0.4, 0.5) is 10.1 Å². The number of ether oxygens (including phenoxy) is 1. The van der Waals surface area contributed by atoms with Gasteiger partial charge in [-0.3, -0.25) is 9.59 Å². The van der Waals surface area contributed by atoms with E-state index in [1.807, 2.05) is 0 Å². The minimum Gasteiger partial charge on any atom is -0.458 e. The standard InChI is InChI=1S/C35H41FN2O5/c1-22(40)43-21-32(41)35(13-5-17-39)14-12-30-28-19-31(36)27-18-24(37-42)8-11-26(27)33(28)29(20-34(30,35)2)23-6-9-25(10-7-23)38-15-3-4-16-38/h6-7,9-10,18,24,28-31,39H,3-4,8,11-12,14-17,19-21H2,1-2H3/t24?,28-,29?,30-,31?,34-,35+/m0/s1. The number of carbonyl (C=O) groups excluding carboxylic acids is 2. The lowest BCUT2D eigenvalue weighted by Crippen LogP contribution is -2.52. The third-order valence-electron chi connectivity index (χ3n) is 11.2. The molecule has 1 saturated heterocycles. The molecule has 6 rings (SSSR count). The monoisotopic (exact) mass is 588 g/mol. The van der Waals surface area contributed by atoms with Crippen LogP contribution in [0.1, 0.15) is 76.7 Å². The van der Waals surface area contributed by atoms with E-state index in [-0.39, 0.29) is 36.8 Å². The number of hydrogen-bond acceptors (Lipinski definition) is 7. The quantitative estimate of drug-likeness (QED) is 0.256. The van der Waals surface area contributed by atoms with Crippen molar-refractivity contribution in [3.8, 4) is 11.8 Å². The fourth-order valence-corrected chi connectivity index (χ4v) is 9.27. The molecule has 0 spiro atoms. The molecule has 228 valence electrons. The lowest BCUT2D eigenvalue weighted by atomic mass is 9.48. The number of hydrogen-bond donors (Lipinski definition) is 1. The number of anilines is 1. The number of nitrogens with zero attached hydrogens (tertiary/aromatic N) is 2. The Labute approximate surface area is 252 Å². The van der Waals surface area contributed by atoms with Crippen LogP contribution < -0.4 is 4.90 Å². The van der Waals surface area contributed by atoms with E-state index in [1.165, 1.54) is 31.0 Å². The van der Waals surface area contributed by atoms with Gasteiger partial charge in [0.05, 0.1) is 5.41 Å². The summed E-state index contributed by atoms with van der Waals surface area (Å²) in [7, 11) is 0. The van der Waals surface area contributed by atoms with E-state index in [9.17, 15) is 19.6 Å². The van der Waals surface area contributed by atoms with Crippen LogP contribution in [0.25, 0.3) is 0 Å². The SMILES string of the molecule is CC(=O)OCC(=O)[C@@]1(C#CCO)CC[C@H]2[C@@H]3CC(F)C4=CC(N=O)CCC4=C3C(c3ccc(N4CCCC4)cc3)C[C@@]21C. The summed E-state index contributed by atoms with van der Waals surface area (Å²) < 4.78 is 21.3. The van der Waals surface area contributed by atoms with E-state index < -0.39 is 29.0 Å². The minimum atomic E-state index is -1.20. The number of aliphatic hydroxyl groups is 1. The van der Waals surface area contributed by atoms with Crippen molar-refractivity contribution in [1.29, 1.82) is 0 Å². The number of halogens is 1. The molecule has 43 heavy (non-hydrogen) atoms. The molecule has 7 nitrogen and oxygen atoms in total. The summed E-state index contributed by atoms with van der Waals surface area (Å²) in [5.74, 6) is 5.03. The van der Waals surface area contributed by atoms with Gasteiger partial charge in [0.25, 0.3) is 0 Å². The van der Waals surface area contributed by atoms with Gasteiger partial charge in [-0.1, -0.05) is 47.7 Å². The van der Waals surface area contributed by atoms with E-state index >= 15 is 4.39 Å². The summed E-state index contributed by atoms with van der Waals surface area (Å²) in [6.07, 6.45) is 6.18. The maximum Gasteiger partial charge on any atom is 0.303 e. The summed E-state index contributed by atoms with van der Waals surface area (Å²) in [4.78, 5) is 39.5. The predicted octanol–water partition coefficient (Wildman–Crippen LogP) is 5.81. The van der Waals surface area contributed by atoms with Gasteiger partial charge in [0.2, 0.25) is 0 Å². The lowest BCUT2D eigenvalue weighted by Gasteiger charge is -2.55. The maximum absolute atomic E-state index is 16.1. The van der Waals surface area contributed by atoms with Crippen LogP contribution in [0, 0.1) is 39.4 Å². The molecule has 4 aliphatic carbocycles. The highest BCUT2D eigenvalue weighted by Crippen LogP contribution is 2.70. The zero-order valence-corrected chi connectivity index (χ0v) is 25.1. The Kier molecular flexibility index (Phi) is 8.06. The molecular formula is C35H41FN2O5. The average Bonchev–Trinajstić information content (AvgIpc) is 3.65. The van der Waals surface area contributed by atoms with E-state index in [4.69, 9.17) is 4.74 Å². The normalized spacial score (nSPS) is 34.7. The smallest absolute Gasteiger partial charge is 0.303 e. The highest BCUT2D eigenvalue weighted by atomic mass is 19.1. The van der Waals surface area contributed by atoms with Crippen molar-refractivity contribution in [2.75, 3.05) is 31.2 Å². The Morgan fingerprint density at radius 2 is 1.93 bits per heavy atom. The molecule has 1 aromatic rings. The fraction of sp³-hybridized carbons (Fsp3) is 0.600. The average molecular weight is 589 g/mol. The van der Waals surface area contributed by atoms with E-state index in [1.54, 1.807) is 6.08 Å². The molecule has 1 aliphatic heterocycles. The zero-order chi connectivity index (χ0) is 30.4. The molecule has 8 heteroatoms. The molecule has 5 aliphatic rings. The molecular weight excluding hydrogens is 547 g/mol. The first-order chi connectivity index (χ1) is 20.7. The summed E-state index contributed by atoms with van der Waals surface area (Å²) in [5.41, 5.74) is 3.47. The van der Waals surface area contributed by atoms with Crippen LogP contribution >= 0.6 is 0 Å². The minimum absolute atomic E-state index is 0.00823. The maximum atomic E-state index is 16.1. The van der Waals surface area contributed by atoms with E-state index in [0.717, 1.165) is 24.2 Å². The van der Waals surface area contributed by atoms with Crippen molar-refractivity contribution in [3.05, 3.63) is 57.5 Å². The highest BCUT2D eigenvalue weighted by molar-refractivity contribution is 5.91. The van der Waals surface area contributed by atoms with Gasteiger partial charge in [0, 0.05) is 31.6 Å². The molecule has 1 aromatic carbocycles. The Hall–Kier alpha value is -3.31. The topological polar surface area (TPSA) is 96.3 Å². The summed E-state index contributed by atoms with van der Waals surface area (Å²) in [6.45, 7) is 4.74. The van der Waals surface area contributed by atoms with Gasteiger partial charge in [-0.15, -0.1) is 0 Å². The van der Waals surface area contributed by atoms with Crippen molar-refractivity contribution in [2.45, 2.75) is 83.3 Å². The largest absolute Gasteiger partial charge is 0.458 e. The number of nitroso groups, excluding NO2 is 1. The number of ketones is 1.